The molecule has 0 bridgehead atoms. The number of amides is 1. The standard InChI is InChI=1S/C25H35N5O/c1-20(18-22-6-2-4-12-26-22)29-16-10-24(11-17-29)30-14-8-21(9-15-30)25(31)28-19-23-7-3-5-13-27-23/h2-7,12-13,20-21,24H,8-11,14-19H2,1H3,(H,28,31)/t20-/m0/s1. The monoisotopic (exact) mass is 421 g/mol. The highest BCUT2D eigenvalue weighted by atomic mass is 16.1. The number of likely N-dealkylation sites (tertiary alicyclic amines) is 2. The predicted octanol–water partition coefficient (Wildman–Crippen LogP) is 2.90. The molecule has 1 N–H and O–H groups in total. The number of aromatic nitrogens is 2. The molecule has 2 aromatic rings. The molecule has 6 nitrogen and oxygen atoms in total. The SMILES string of the molecule is C[C@@H](Cc1ccccn1)N1CCC(N2CCC(C(=O)NCc3ccccn3)CC2)CC1. The molecule has 2 aliphatic heterocycles. The molecule has 0 radical (unpaired) electrons. The second kappa shape index (κ2) is 10.8. The van der Waals surface area contributed by atoms with Gasteiger partial charge in [0.2, 0.25) is 5.91 Å². The van der Waals surface area contributed by atoms with E-state index < -0.39 is 0 Å². The Morgan fingerprint density at radius 3 is 2.23 bits per heavy atom. The molecule has 2 fully saturated rings. The highest BCUT2D eigenvalue weighted by molar-refractivity contribution is 5.78. The third-order valence-electron chi connectivity index (χ3n) is 6.94. The van der Waals surface area contributed by atoms with Crippen LogP contribution in [-0.4, -0.2) is 63.9 Å². The van der Waals surface area contributed by atoms with Crippen LogP contribution in [-0.2, 0) is 17.8 Å². The van der Waals surface area contributed by atoms with E-state index >= 15 is 0 Å². The Bertz CT molecular complexity index is 799. The minimum Gasteiger partial charge on any atom is -0.350 e. The van der Waals surface area contributed by atoms with Crippen LogP contribution < -0.4 is 5.32 Å². The molecule has 1 amide bonds. The van der Waals surface area contributed by atoms with Gasteiger partial charge in [0.25, 0.3) is 0 Å². The Kier molecular flexibility index (Phi) is 7.65. The van der Waals surface area contributed by atoms with Gasteiger partial charge < -0.3 is 15.1 Å². The lowest BCUT2D eigenvalue weighted by Crippen LogP contribution is -2.50. The van der Waals surface area contributed by atoms with E-state index in [0.29, 0.717) is 18.6 Å². The Morgan fingerprint density at radius 1 is 0.968 bits per heavy atom. The lowest BCUT2D eigenvalue weighted by molar-refractivity contribution is -0.126. The Balaban J connectivity index is 1.16. The van der Waals surface area contributed by atoms with Crippen LogP contribution in [0.3, 0.4) is 0 Å². The molecule has 4 heterocycles. The molecule has 0 aliphatic carbocycles. The first-order valence-corrected chi connectivity index (χ1v) is 11.7. The van der Waals surface area contributed by atoms with Crippen LogP contribution in [0.5, 0.6) is 0 Å². The number of hydrogen-bond donors (Lipinski definition) is 1. The molecule has 0 aromatic carbocycles. The van der Waals surface area contributed by atoms with Gasteiger partial charge >= 0.3 is 0 Å². The summed E-state index contributed by atoms with van der Waals surface area (Å²) in [4.78, 5) is 26.6. The Hall–Kier alpha value is -2.31. The molecule has 0 saturated carbocycles. The maximum absolute atomic E-state index is 12.6. The Labute approximate surface area is 186 Å². The molecule has 4 rings (SSSR count). The van der Waals surface area contributed by atoms with Crippen LogP contribution in [0.2, 0.25) is 0 Å². The number of nitrogens with one attached hydrogen (secondary N) is 1. The number of hydrogen-bond acceptors (Lipinski definition) is 5. The van der Waals surface area contributed by atoms with Crippen LogP contribution in [0.25, 0.3) is 0 Å². The van der Waals surface area contributed by atoms with Crippen molar-refractivity contribution in [2.45, 2.75) is 57.7 Å². The molecule has 2 aromatic heterocycles. The van der Waals surface area contributed by atoms with Crippen molar-refractivity contribution in [3.8, 4) is 0 Å². The molecule has 6 heteroatoms. The van der Waals surface area contributed by atoms with Gasteiger partial charge in [-0.25, -0.2) is 0 Å². The van der Waals surface area contributed by atoms with Crippen molar-refractivity contribution in [1.82, 2.24) is 25.1 Å². The molecule has 0 spiro atoms. The maximum atomic E-state index is 12.6. The number of rotatable bonds is 7. The minimum absolute atomic E-state index is 0.137. The molecule has 0 unspecified atom stereocenters. The van der Waals surface area contributed by atoms with E-state index in [1.165, 1.54) is 18.5 Å². The average molecular weight is 422 g/mol. The van der Waals surface area contributed by atoms with Crippen molar-refractivity contribution in [3.63, 3.8) is 0 Å². The van der Waals surface area contributed by atoms with Crippen molar-refractivity contribution in [3.05, 3.63) is 60.2 Å². The van der Waals surface area contributed by atoms with Gasteiger partial charge in [0.1, 0.15) is 0 Å². The van der Waals surface area contributed by atoms with Crippen LogP contribution in [0, 0.1) is 5.92 Å². The third-order valence-corrected chi connectivity index (χ3v) is 6.94. The zero-order chi connectivity index (χ0) is 21.5. The summed E-state index contributed by atoms with van der Waals surface area (Å²) in [7, 11) is 0. The fourth-order valence-corrected chi connectivity index (χ4v) is 4.99. The number of piperidine rings is 2. The molecule has 2 saturated heterocycles. The van der Waals surface area contributed by atoms with Crippen molar-refractivity contribution in [2.75, 3.05) is 26.2 Å². The number of carbonyl (C=O) groups excluding carboxylic acids is 1. The van der Waals surface area contributed by atoms with Crippen molar-refractivity contribution in [1.29, 1.82) is 0 Å². The van der Waals surface area contributed by atoms with Gasteiger partial charge in [-0.1, -0.05) is 12.1 Å². The molecular formula is C25H35N5O. The fraction of sp³-hybridized carbons (Fsp3) is 0.560. The van der Waals surface area contributed by atoms with Crippen LogP contribution >= 0.6 is 0 Å². The summed E-state index contributed by atoms with van der Waals surface area (Å²) in [5.41, 5.74) is 2.10. The van der Waals surface area contributed by atoms with E-state index in [4.69, 9.17) is 0 Å². The van der Waals surface area contributed by atoms with Crippen LogP contribution in [0.1, 0.15) is 44.0 Å². The van der Waals surface area contributed by atoms with E-state index in [0.717, 1.165) is 51.1 Å². The van der Waals surface area contributed by atoms with E-state index in [2.05, 4.69) is 44.1 Å². The lowest BCUT2D eigenvalue weighted by atomic mass is 9.92. The van der Waals surface area contributed by atoms with Gasteiger partial charge in [0.15, 0.2) is 0 Å². The molecule has 166 valence electrons. The quantitative estimate of drug-likeness (QED) is 0.745. The highest BCUT2D eigenvalue weighted by Gasteiger charge is 2.31. The van der Waals surface area contributed by atoms with Gasteiger partial charge in [0, 0.05) is 42.5 Å². The van der Waals surface area contributed by atoms with E-state index in [1.807, 2.05) is 30.5 Å². The number of carbonyl (C=O) groups is 1. The second-order valence-electron chi connectivity index (χ2n) is 8.99. The lowest BCUT2D eigenvalue weighted by Gasteiger charge is -2.43. The first-order chi connectivity index (χ1) is 15.2. The second-order valence-corrected chi connectivity index (χ2v) is 8.99. The van der Waals surface area contributed by atoms with Gasteiger partial charge in [-0.3, -0.25) is 14.8 Å². The van der Waals surface area contributed by atoms with Gasteiger partial charge in [-0.05, 0) is 83.1 Å². The van der Waals surface area contributed by atoms with Crippen LogP contribution in [0.15, 0.2) is 48.8 Å². The first kappa shape index (κ1) is 21.9. The largest absolute Gasteiger partial charge is 0.350 e. The zero-order valence-electron chi connectivity index (χ0n) is 18.6. The number of pyridine rings is 2. The molecule has 1 atom stereocenters. The van der Waals surface area contributed by atoms with Crippen molar-refractivity contribution >= 4 is 5.91 Å². The summed E-state index contributed by atoms with van der Waals surface area (Å²) < 4.78 is 0. The zero-order valence-corrected chi connectivity index (χ0v) is 18.6. The average Bonchev–Trinajstić information content (AvgIpc) is 2.84. The molecular weight excluding hydrogens is 386 g/mol. The summed E-state index contributed by atoms with van der Waals surface area (Å²) in [5.74, 6) is 0.321. The highest BCUT2D eigenvalue weighted by Crippen LogP contribution is 2.25. The first-order valence-electron chi connectivity index (χ1n) is 11.7. The van der Waals surface area contributed by atoms with E-state index in [-0.39, 0.29) is 11.8 Å². The van der Waals surface area contributed by atoms with Crippen molar-refractivity contribution in [2.24, 2.45) is 5.92 Å². The van der Waals surface area contributed by atoms with Crippen molar-refractivity contribution < 1.29 is 4.79 Å². The topological polar surface area (TPSA) is 61.4 Å². The minimum atomic E-state index is 0.137. The third kappa shape index (κ3) is 6.11. The molecule has 31 heavy (non-hydrogen) atoms. The fourth-order valence-electron chi connectivity index (χ4n) is 4.99. The van der Waals surface area contributed by atoms with E-state index in [9.17, 15) is 4.79 Å². The van der Waals surface area contributed by atoms with Gasteiger partial charge in [-0.15, -0.1) is 0 Å². The maximum Gasteiger partial charge on any atom is 0.223 e. The summed E-state index contributed by atoms with van der Waals surface area (Å²) >= 11 is 0. The smallest absolute Gasteiger partial charge is 0.223 e. The van der Waals surface area contributed by atoms with Crippen LogP contribution in [0.4, 0.5) is 0 Å². The van der Waals surface area contributed by atoms with Gasteiger partial charge in [-0.2, -0.15) is 0 Å². The number of nitrogens with zero attached hydrogens (tertiary/aromatic N) is 4. The Morgan fingerprint density at radius 2 is 1.61 bits per heavy atom. The van der Waals surface area contributed by atoms with Gasteiger partial charge in [0.05, 0.1) is 12.2 Å². The normalized spacial score (nSPS) is 20.4. The summed E-state index contributed by atoms with van der Waals surface area (Å²) in [6.07, 6.45) is 9.05. The molecule has 2 aliphatic rings. The van der Waals surface area contributed by atoms with E-state index in [1.54, 1.807) is 6.20 Å². The summed E-state index contributed by atoms with van der Waals surface area (Å²) in [6, 6.07) is 13.2. The summed E-state index contributed by atoms with van der Waals surface area (Å²) in [6.45, 7) is 7.23. The summed E-state index contributed by atoms with van der Waals surface area (Å²) in [5, 5.41) is 3.07. The predicted molar refractivity (Wildman–Crippen MR) is 122 cm³/mol.